The van der Waals surface area contributed by atoms with Gasteiger partial charge in [-0.2, -0.15) is 0 Å². The predicted octanol–water partition coefficient (Wildman–Crippen LogP) is 4.04. The molecule has 0 saturated heterocycles. The molecule has 1 N–H and O–H groups in total. The lowest BCUT2D eigenvalue weighted by Crippen LogP contribution is -2.07. The molecule has 2 nitrogen and oxygen atoms in total. The molecule has 0 saturated carbocycles. The van der Waals surface area contributed by atoms with E-state index >= 15 is 0 Å². The molecule has 0 unspecified atom stereocenters. The monoisotopic (exact) mass is 250 g/mol. The number of carboxylic acid groups (broad SMARTS) is 1. The van der Waals surface area contributed by atoms with Gasteiger partial charge in [-0.3, -0.25) is 0 Å². The van der Waals surface area contributed by atoms with Gasteiger partial charge in [0.15, 0.2) is 0 Å². The van der Waals surface area contributed by atoms with Gasteiger partial charge in [-0.1, -0.05) is 26.8 Å². The first-order chi connectivity index (χ1) is 8.19. The van der Waals surface area contributed by atoms with Crippen LogP contribution in [0.3, 0.4) is 0 Å². The number of carbonyl (C=O) groups is 1. The molecule has 0 aromatic heterocycles. The molecule has 1 aromatic carbocycles. The summed E-state index contributed by atoms with van der Waals surface area (Å²) in [4.78, 5) is 10.9. The van der Waals surface area contributed by atoms with Crippen molar-refractivity contribution in [1.29, 1.82) is 0 Å². The van der Waals surface area contributed by atoms with Crippen molar-refractivity contribution in [2.45, 2.75) is 34.1 Å². The third kappa shape index (κ3) is 4.32. The maximum atomic E-state index is 13.2. The summed E-state index contributed by atoms with van der Waals surface area (Å²) < 4.78 is 13.2. The fourth-order valence-corrected chi connectivity index (χ4v) is 1.80. The van der Waals surface area contributed by atoms with Crippen molar-refractivity contribution in [3.8, 4) is 0 Å². The molecule has 0 fully saturated rings. The molecule has 0 amide bonds. The summed E-state index contributed by atoms with van der Waals surface area (Å²) >= 11 is 0. The van der Waals surface area contributed by atoms with Crippen molar-refractivity contribution in [2.24, 2.45) is 5.41 Å². The molecular weight excluding hydrogens is 231 g/mol. The molecule has 0 radical (unpaired) electrons. The zero-order chi connectivity index (χ0) is 13.9. The molecule has 0 atom stereocenters. The number of hydrogen-bond donors (Lipinski definition) is 1. The number of benzene rings is 1. The molecule has 1 aromatic rings. The van der Waals surface area contributed by atoms with Crippen LogP contribution in [0, 0.1) is 18.2 Å². The molecule has 0 aliphatic heterocycles. The summed E-state index contributed by atoms with van der Waals surface area (Å²) in [6, 6.07) is 4.70. The fourth-order valence-electron chi connectivity index (χ4n) is 1.80. The third-order valence-electron chi connectivity index (χ3n) is 2.55. The van der Waals surface area contributed by atoms with E-state index < -0.39 is 5.97 Å². The van der Waals surface area contributed by atoms with Gasteiger partial charge in [0.2, 0.25) is 0 Å². The van der Waals surface area contributed by atoms with Gasteiger partial charge in [0, 0.05) is 6.08 Å². The Labute approximate surface area is 107 Å². The van der Waals surface area contributed by atoms with Crippen molar-refractivity contribution >= 4 is 11.5 Å². The first-order valence-electron chi connectivity index (χ1n) is 5.89. The molecule has 18 heavy (non-hydrogen) atoms. The second kappa shape index (κ2) is 5.34. The molecule has 98 valence electrons. The highest BCUT2D eigenvalue weighted by molar-refractivity contribution is 5.90. The Hall–Kier alpha value is -1.64. The van der Waals surface area contributed by atoms with Gasteiger partial charge in [0.25, 0.3) is 0 Å². The van der Waals surface area contributed by atoms with Crippen molar-refractivity contribution in [3.05, 3.63) is 41.2 Å². The maximum absolute atomic E-state index is 13.2. The van der Waals surface area contributed by atoms with Crippen LogP contribution < -0.4 is 0 Å². The van der Waals surface area contributed by atoms with E-state index in [1.54, 1.807) is 19.1 Å². The summed E-state index contributed by atoms with van der Waals surface area (Å²) in [5, 5.41) is 8.92. The van der Waals surface area contributed by atoms with Crippen molar-refractivity contribution in [3.63, 3.8) is 0 Å². The number of hydrogen-bond acceptors (Lipinski definition) is 1. The molecular formula is C15H19FO2. The zero-order valence-corrected chi connectivity index (χ0v) is 11.2. The van der Waals surface area contributed by atoms with Crippen LogP contribution in [0.2, 0.25) is 0 Å². The minimum atomic E-state index is -0.976. The third-order valence-corrected chi connectivity index (χ3v) is 2.55. The fraction of sp³-hybridized carbons (Fsp3) is 0.400. The van der Waals surface area contributed by atoms with Crippen molar-refractivity contribution in [1.82, 2.24) is 0 Å². The van der Waals surface area contributed by atoms with E-state index in [1.807, 2.05) is 20.8 Å². The van der Waals surface area contributed by atoms with Crippen LogP contribution in [0.15, 0.2) is 24.3 Å². The van der Waals surface area contributed by atoms with Crippen molar-refractivity contribution < 1.29 is 14.3 Å². The number of aryl methyl sites for hydroxylation is 1. The lowest BCUT2D eigenvalue weighted by molar-refractivity contribution is -0.131. The van der Waals surface area contributed by atoms with Crippen LogP contribution in [0.25, 0.3) is 5.57 Å². The largest absolute Gasteiger partial charge is 0.478 e. The lowest BCUT2D eigenvalue weighted by atomic mass is 9.85. The summed E-state index contributed by atoms with van der Waals surface area (Å²) in [6.45, 7) is 7.80. The number of aliphatic carboxylic acids is 1. The van der Waals surface area contributed by atoms with Crippen molar-refractivity contribution in [2.75, 3.05) is 0 Å². The minimum absolute atomic E-state index is 0.0242. The molecule has 1 rings (SSSR count). The predicted molar refractivity (Wildman–Crippen MR) is 70.8 cm³/mol. The number of allylic oxidation sites excluding steroid dienone is 1. The normalized spacial score (nSPS) is 12.6. The van der Waals surface area contributed by atoms with Crippen LogP contribution in [-0.4, -0.2) is 11.1 Å². The Kier molecular flexibility index (Phi) is 4.28. The second-order valence-electron chi connectivity index (χ2n) is 5.71. The standard InChI is InChI=1S/C15H19FO2/c1-10-7-11(5-6-13(10)16)12(8-14(17)18)9-15(2,3)4/h5-8H,9H2,1-4H3,(H,17,18)/b12-8-. The Morgan fingerprint density at radius 2 is 2.00 bits per heavy atom. The smallest absolute Gasteiger partial charge is 0.328 e. The van der Waals surface area contributed by atoms with Gasteiger partial charge in [-0.25, -0.2) is 9.18 Å². The highest BCUT2D eigenvalue weighted by Crippen LogP contribution is 2.31. The highest BCUT2D eigenvalue weighted by atomic mass is 19.1. The maximum Gasteiger partial charge on any atom is 0.328 e. The molecule has 0 spiro atoms. The average molecular weight is 250 g/mol. The quantitative estimate of drug-likeness (QED) is 0.822. The van der Waals surface area contributed by atoms with Crippen LogP contribution >= 0.6 is 0 Å². The second-order valence-corrected chi connectivity index (χ2v) is 5.71. The van der Waals surface area contributed by atoms with Crippen LogP contribution in [0.4, 0.5) is 4.39 Å². The van der Waals surface area contributed by atoms with Gasteiger partial charge >= 0.3 is 5.97 Å². The first-order valence-corrected chi connectivity index (χ1v) is 5.89. The van der Waals surface area contributed by atoms with Crippen LogP contribution in [-0.2, 0) is 4.79 Å². The van der Waals surface area contributed by atoms with Gasteiger partial charge in [-0.15, -0.1) is 0 Å². The molecule has 0 aliphatic rings. The Morgan fingerprint density at radius 3 is 2.44 bits per heavy atom. The summed E-state index contributed by atoms with van der Waals surface area (Å²) in [7, 11) is 0. The van der Waals surface area contributed by atoms with E-state index in [4.69, 9.17) is 5.11 Å². The van der Waals surface area contributed by atoms with Gasteiger partial charge in [0.05, 0.1) is 0 Å². The summed E-state index contributed by atoms with van der Waals surface area (Å²) in [5.41, 5.74) is 1.99. The zero-order valence-electron chi connectivity index (χ0n) is 11.2. The van der Waals surface area contributed by atoms with Gasteiger partial charge in [-0.05, 0) is 47.6 Å². The number of halogens is 1. The lowest BCUT2D eigenvalue weighted by Gasteiger charge is -2.20. The van der Waals surface area contributed by atoms with Crippen LogP contribution in [0.1, 0.15) is 38.3 Å². The van der Waals surface area contributed by atoms with Gasteiger partial charge < -0.3 is 5.11 Å². The Bertz CT molecular complexity index is 482. The topological polar surface area (TPSA) is 37.3 Å². The van der Waals surface area contributed by atoms with E-state index in [1.165, 1.54) is 12.1 Å². The highest BCUT2D eigenvalue weighted by Gasteiger charge is 2.16. The molecule has 0 bridgehead atoms. The molecule has 0 heterocycles. The molecule has 0 aliphatic carbocycles. The Morgan fingerprint density at radius 1 is 1.39 bits per heavy atom. The average Bonchev–Trinajstić information content (AvgIpc) is 2.18. The minimum Gasteiger partial charge on any atom is -0.478 e. The van der Waals surface area contributed by atoms with E-state index in [0.717, 1.165) is 11.1 Å². The van der Waals surface area contributed by atoms with E-state index in [9.17, 15) is 9.18 Å². The first kappa shape index (κ1) is 14.4. The Balaban J connectivity index is 3.18. The summed E-state index contributed by atoms with van der Waals surface area (Å²) in [5.74, 6) is -1.25. The number of rotatable bonds is 3. The van der Waals surface area contributed by atoms with E-state index in [-0.39, 0.29) is 11.2 Å². The van der Waals surface area contributed by atoms with E-state index in [2.05, 4.69) is 0 Å². The van der Waals surface area contributed by atoms with Gasteiger partial charge in [0.1, 0.15) is 5.82 Å². The summed E-state index contributed by atoms with van der Waals surface area (Å²) in [6.07, 6.45) is 1.84. The molecule has 3 heteroatoms. The SMILES string of the molecule is Cc1cc(/C(=C\C(=O)O)CC(C)(C)C)ccc1F. The van der Waals surface area contributed by atoms with Crippen LogP contribution in [0.5, 0.6) is 0 Å². The number of carboxylic acids is 1. The van der Waals surface area contributed by atoms with E-state index in [0.29, 0.717) is 12.0 Å².